The standard InChI is InChI=1S/C20H24N4O3/c1-24-11-15(10-21-19(25)14-5-3-2-4-6-14)17(12-24)22-20(26)16-9-18(27-23-16)13-7-8-13/h2-6,9,13,15,17H,7-8,10-12H2,1H3,(H,21,25)(H,22,26). The van der Waals surface area contributed by atoms with Crippen LogP contribution in [0.2, 0.25) is 0 Å². The maximum Gasteiger partial charge on any atom is 0.273 e. The van der Waals surface area contributed by atoms with Crippen LogP contribution in [0.15, 0.2) is 40.9 Å². The molecule has 7 nitrogen and oxygen atoms in total. The molecule has 1 saturated carbocycles. The Morgan fingerprint density at radius 1 is 1.19 bits per heavy atom. The number of likely N-dealkylation sites (tertiary alicyclic amines) is 1. The third kappa shape index (κ3) is 4.19. The van der Waals surface area contributed by atoms with Crippen molar-refractivity contribution in [3.05, 3.63) is 53.4 Å². The monoisotopic (exact) mass is 368 g/mol. The van der Waals surface area contributed by atoms with Crippen molar-refractivity contribution in [1.29, 1.82) is 0 Å². The molecular formula is C20H24N4O3. The van der Waals surface area contributed by atoms with Crippen molar-refractivity contribution in [2.45, 2.75) is 24.8 Å². The summed E-state index contributed by atoms with van der Waals surface area (Å²) < 4.78 is 5.27. The van der Waals surface area contributed by atoms with Crippen LogP contribution >= 0.6 is 0 Å². The van der Waals surface area contributed by atoms with Gasteiger partial charge in [-0.2, -0.15) is 0 Å². The zero-order valence-electron chi connectivity index (χ0n) is 15.4. The molecule has 4 rings (SSSR count). The maximum atomic E-state index is 12.5. The lowest BCUT2D eigenvalue weighted by Crippen LogP contribution is -2.44. The van der Waals surface area contributed by atoms with Crippen molar-refractivity contribution in [1.82, 2.24) is 20.7 Å². The second kappa shape index (κ2) is 7.52. The Balaban J connectivity index is 1.34. The summed E-state index contributed by atoms with van der Waals surface area (Å²) in [5.74, 6) is 1.06. The molecule has 2 aromatic rings. The van der Waals surface area contributed by atoms with Crippen molar-refractivity contribution in [2.75, 3.05) is 26.7 Å². The normalized spacial score (nSPS) is 22.6. The number of likely N-dealkylation sites (N-methyl/N-ethyl adjacent to an activating group) is 1. The third-order valence-electron chi connectivity index (χ3n) is 5.24. The second-order valence-corrected chi connectivity index (χ2v) is 7.53. The van der Waals surface area contributed by atoms with Gasteiger partial charge in [-0.15, -0.1) is 0 Å². The smallest absolute Gasteiger partial charge is 0.273 e. The van der Waals surface area contributed by atoms with Crippen molar-refractivity contribution >= 4 is 11.8 Å². The summed E-state index contributed by atoms with van der Waals surface area (Å²) in [6.07, 6.45) is 2.21. The van der Waals surface area contributed by atoms with Gasteiger partial charge >= 0.3 is 0 Å². The molecule has 0 bridgehead atoms. The molecule has 1 saturated heterocycles. The van der Waals surface area contributed by atoms with E-state index in [-0.39, 0.29) is 23.8 Å². The van der Waals surface area contributed by atoms with E-state index in [0.717, 1.165) is 31.7 Å². The topological polar surface area (TPSA) is 87.5 Å². The van der Waals surface area contributed by atoms with E-state index in [4.69, 9.17) is 4.52 Å². The maximum absolute atomic E-state index is 12.5. The fourth-order valence-corrected chi connectivity index (χ4v) is 3.57. The molecule has 1 aromatic carbocycles. The van der Waals surface area contributed by atoms with E-state index in [1.165, 1.54) is 0 Å². The van der Waals surface area contributed by atoms with Crippen molar-refractivity contribution in [2.24, 2.45) is 5.92 Å². The SMILES string of the molecule is CN1CC(CNC(=O)c2ccccc2)C(NC(=O)c2cc(C3CC3)on2)C1. The summed E-state index contributed by atoms with van der Waals surface area (Å²) >= 11 is 0. The number of aromatic nitrogens is 1. The fourth-order valence-electron chi connectivity index (χ4n) is 3.57. The number of carbonyl (C=O) groups excluding carboxylic acids is 2. The molecule has 1 aliphatic carbocycles. The first-order valence-electron chi connectivity index (χ1n) is 9.39. The predicted octanol–water partition coefficient (Wildman–Crippen LogP) is 1.64. The number of nitrogens with zero attached hydrogens (tertiary/aromatic N) is 2. The van der Waals surface area contributed by atoms with Crippen LogP contribution in [0.5, 0.6) is 0 Å². The highest BCUT2D eigenvalue weighted by Crippen LogP contribution is 2.40. The van der Waals surface area contributed by atoms with E-state index in [1.807, 2.05) is 25.2 Å². The molecule has 0 spiro atoms. The number of hydrogen-bond donors (Lipinski definition) is 2. The Bertz CT molecular complexity index is 816. The number of carbonyl (C=O) groups is 2. The van der Waals surface area contributed by atoms with Gasteiger partial charge in [-0.1, -0.05) is 23.4 Å². The number of benzene rings is 1. The molecule has 2 heterocycles. The molecule has 0 radical (unpaired) electrons. The molecule has 2 aliphatic rings. The van der Waals surface area contributed by atoms with E-state index in [0.29, 0.717) is 23.7 Å². The predicted molar refractivity (Wildman–Crippen MR) is 99.5 cm³/mol. The number of nitrogens with one attached hydrogen (secondary N) is 2. The summed E-state index contributed by atoms with van der Waals surface area (Å²) in [6.45, 7) is 2.06. The Kier molecular flexibility index (Phi) is 4.94. The minimum atomic E-state index is -0.217. The van der Waals surface area contributed by atoms with E-state index in [1.54, 1.807) is 18.2 Å². The number of rotatable bonds is 6. The van der Waals surface area contributed by atoms with Gasteiger partial charge in [0.2, 0.25) is 0 Å². The van der Waals surface area contributed by atoms with Gasteiger partial charge in [0.1, 0.15) is 5.76 Å². The molecule has 27 heavy (non-hydrogen) atoms. The lowest BCUT2D eigenvalue weighted by Gasteiger charge is -2.19. The van der Waals surface area contributed by atoms with Crippen LogP contribution in [0.1, 0.15) is 45.4 Å². The summed E-state index contributed by atoms with van der Waals surface area (Å²) in [5.41, 5.74) is 0.971. The first-order chi connectivity index (χ1) is 13.1. The zero-order chi connectivity index (χ0) is 18.8. The summed E-state index contributed by atoms with van der Waals surface area (Å²) in [7, 11) is 2.01. The van der Waals surface area contributed by atoms with E-state index in [9.17, 15) is 9.59 Å². The van der Waals surface area contributed by atoms with Crippen molar-refractivity contribution in [3.63, 3.8) is 0 Å². The van der Waals surface area contributed by atoms with Crippen molar-refractivity contribution < 1.29 is 14.1 Å². The molecule has 142 valence electrons. The third-order valence-corrected chi connectivity index (χ3v) is 5.24. The zero-order valence-corrected chi connectivity index (χ0v) is 15.4. The Morgan fingerprint density at radius 3 is 2.70 bits per heavy atom. The molecule has 2 N–H and O–H groups in total. The first-order valence-corrected chi connectivity index (χ1v) is 9.39. The number of amides is 2. The molecule has 1 aromatic heterocycles. The average molecular weight is 368 g/mol. The summed E-state index contributed by atoms with van der Waals surface area (Å²) in [5, 5.41) is 9.95. The Hall–Kier alpha value is -2.67. The lowest BCUT2D eigenvalue weighted by atomic mass is 10.0. The van der Waals surface area contributed by atoms with Crippen LogP contribution in [0.3, 0.4) is 0 Å². The van der Waals surface area contributed by atoms with Gasteiger partial charge < -0.3 is 20.1 Å². The number of hydrogen-bond acceptors (Lipinski definition) is 5. The quantitative estimate of drug-likeness (QED) is 0.809. The average Bonchev–Trinajstić information content (AvgIpc) is 3.30. The van der Waals surface area contributed by atoms with E-state index in [2.05, 4.69) is 20.7 Å². The highest BCUT2D eigenvalue weighted by atomic mass is 16.5. The van der Waals surface area contributed by atoms with Gasteiger partial charge in [-0.05, 0) is 32.0 Å². The van der Waals surface area contributed by atoms with Crippen LogP contribution < -0.4 is 10.6 Å². The second-order valence-electron chi connectivity index (χ2n) is 7.53. The molecule has 7 heteroatoms. The highest BCUT2D eigenvalue weighted by molar-refractivity contribution is 5.94. The Morgan fingerprint density at radius 2 is 1.96 bits per heavy atom. The van der Waals surface area contributed by atoms with Crippen LogP contribution in [0, 0.1) is 5.92 Å². The highest BCUT2D eigenvalue weighted by Gasteiger charge is 2.34. The molecule has 2 fully saturated rings. The molecule has 2 unspecified atom stereocenters. The molecular weight excluding hydrogens is 344 g/mol. The van der Waals surface area contributed by atoms with Gasteiger partial charge in [0.25, 0.3) is 11.8 Å². The fraction of sp³-hybridized carbons (Fsp3) is 0.450. The Labute approximate surface area is 158 Å². The summed E-state index contributed by atoms with van der Waals surface area (Å²) in [4.78, 5) is 27.0. The van der Waals surface area contributed by atoms with Crippen LogP contribution in [-0.4, -0.2) is 54.6 Å². The lowest BCUT2D eigenvalue weighted by molar-refractivity contribution is 0.0918. The van der Waals surface area contributed by atoms with Gasteiger partial charge in [0.05, 0.1) is 0 Å². The van der Waals surface area contributed by atoms with Gasteiger partial charge in [-0.3, -0.25) is 9.59 Å². The minimum Gasteiger partial charge on any atom is -0.360 e. The van der Waals surface area contributed by atoms with Crippen molar-refractivity contribution in [3.8, 4) is 0 Å². The minimum absolute atomic E-state index is 0.0420. The largest absolute Gasteiger partial charge is 0.360 e. The molecule has 1 aliphatic heterocycles. The van der Waals surface area contributed by atoms with Gasteiger partial charge in [0, 0.05) is 49.1 Å². The summed E-state index contributed by atoms with van der Waals surface area (Å²) in [6, 6.07) is 10.9. The van der Waals surface area contributed by atoms with Crippen LogP contribution in [-0.2, 0) is 0 Å². The van der Waals surface area contributed by atoms with Crippen LogP contribution in [0.4, 0.5) is 0 Å². The van der Waals surface area contributed by atoms with Crippen LogP contribution in [0.25, 0.3) is 0 Å². The van der Waals surface area contributed by atoms with Gasteiger partial charge in [-0.25, -0.2) is 0 Å². The molecule has 2 amide bonds. The van der Waals surface area contributed by atoms with E-state index >= 15 is 0 Å². The first kappa shape index (κ1) is 17.7. The molecule has 2 atom stereocenters. The van der Waals surface area contributed by atoms with Gasteiger partial charge in [0.15, 0.2) is 5.69 Å². The van der Waals surface area contributed by atoms with E-state index < -0.39 is 0 Å².